The Bertz CT molecular complexity index is 546. The van der Waals surface area contributed by atoms with Crippen molar-refractivity contribution in [2.45, 2.75) is 12.8 Å². The smallest absolute Gasteiger partial charge is 0.469 e. The second-order valence-corrected chi connectivity index (χ2v) is 3.32. The van der Waals surface area contributed by atoms with Gasteiger partial charge in [0.1, 0.15) is 0 Å². The molecule has 0 unspecified atom stereocenters. The Balaban J connectivity index is 3.27. The summed E-state index contributed by atoms with van der Waals surface area (Å²) in [7, 11) is 0.970. The summed E-state index contributed by atoms with van der Waals surface area (Å²) in [5.74, 6) is -5.26. The van der Waals surface area contributed by atoms with E-state index in [1.54, 1.807) is 0 Å². The highest BCUT2D eigenvalue weighted by Gasteiger charge is 2.35. The van der Waals surface area contributed by atoms with Crippen molar-refractivity contribution in [1.82, 2.24) is 4.98 Å². The molecule has 0 aliphatic rings. The summed E-state index contributed by atoms with van der Waals surface area (Å²) in [6.07, 6.45) is -5.96. The number of hydrogen-bond donors (Lipinski definition) is 0. The highest BCUT2D eigenvalue weighted by Crippen LogP contribution is 2.29. The van der Waals surface area contributed by atoms with E-state index in [1.807, 2.05) is 0 Å². The molecule has 0 aromatic carbocycles. The number of rotatable bonds is 4. The third kappa shape index (κ3) is 4.03. The van der Waals surface area contributed by atoms with E-state index in [1.165, 1.54) is 0 Å². The Labute approximate surface area is 108 Å². The Morgan fingerprint density at radius 2 is 2.10 bits per heavy atom. The van der Waals surface area contributed by atoms with Crippen LogP contribution in [0.15, 0.2) is 6.07 Å². The molecule has 0 N–H and O–H groups in total. The standard InChI is InChI=1S/C9H6F4N2O5/c1-19-6(16)3-4-2-5(20-9(11,12)13)7(10)14-8(4)15(17)18/h2H,3H2,1H3. The minimum absolute atomic E-state index is 0.380. The summed E-state index contributed by atoms with van der Waals surface area (Å²) < 4.78 is 56.7. The summed E-state index contributed by atoms with van der Waals surface area (Å²) in [6, 6.07) is 0.380. The van der Waals surface area contributed by atoms with Crippen molar-refractivity contribution in [3.05, 3.63) is 27.7 Å². The third-order valence-electron chi connectivity index (χ3n) is 1.96. The molecule has 1 aromatic heterocycles. The van der Waals surface area contributed by atoms with Gasteiger partial charge in [0, 0.05) is 6.07 Å². The van der Waals surface area contributed by atoms with Gasteiger partial charge in [-0.2, -0.15) is 4.39 Å². The summed E-state index contributed by atoms with van der Waals surface area (Å²) in [4.78, 5) is 23.2. The summed E-state index contributed by atoms with van der Waals surface area (Å²) >= 11 is 0. The van der Waals surface area contributed by atoms with Crippen LogP contribution in [-0.2, 0) is 16.0 Å². The number of ether oxygens (including phenoxy) is 2. The number of nitrogens with zero attached hydrogens (tertiary/aromatic N) is 2. The normalized spacial score (nSPS) is 11.1. The molecule has 1 rings (SSSR count). The lowest BCUT2D eigenvalue weighted by Gasteiger charge is -2.09. The predicted molar refractivity (Wildman–Crippen MR) is 53.3 cm³/mol. The van der Waals surface area contributed by atoms with Crippen LogP contribution in [0.2, 0.25) is 0 Å². The molecule has 0 bridgehead atoms. The van der Waals surface area contributed by atoms with Gasteiger partial charge in [0.25, 0.3) is 0 Å². The lowest BCUT2D eigenvalue weighted by Crippen LogP contribution is -2.19. The second-order valence-electron chi connectivity index (χ2n) is 3.32. The fourth-order valence-electron chi connectivity index (χ4n) is 1.21. The molecule has 0 saturated heterocycles. The van der Waals surface area contributed by atoms with Gasteiger partial charge in [-0.15, -0.1) is 13.2 Å². The van der Waals surface area contributed by atoms with Crippen LogP contribution >= 0.6 is 0 Å². The minimum atomic E-state index is -5.21. The molecule has 0 fully saturated rings. The fourth-order valence-corrected chi connectivity index (χ4v) is 1.21. The number of nitro groups is 1. The van der Waals surface area contributed by atoms with Gasteiger partial charge in [-0.25, -0.2) is 0 Å². The molecule has 110 valence electrons. The van der Waals surface area contributed by atoms with Crippen LogP contribution in [0, 0.1) is 16.1 Å². The van der Waals surface area contributed by atoms with Gasteiger partial charge >= 0.3 is 24.1 Å². The SMILES string of the molecule is COC(=O)Cc1cc(OC(F)(F)F)c(F)nc1[N+](=O)[O-]. The van der Waals surface area contributed by atoms with Gasteiger partial charge < -0.3 is 19.6 Å². The van der Waals surface area contributed by atoms with Gasteiger partial charge in [-0.3, -0.25) is 4.79 Å². The first-order valence-corrected chi connectivity index (χ1v) is 4.80. The monoisotopic (exact) mass is 298 g/mol. The van der Waals surface area contributed by atoms with Crippen LogP contribution in [0.1, 0.15) is 5.56 Å². The highest BCUT2D eigenvalue weighted by atomic mass is 19.4. The van der Waals surface area contributed by atoms with E-state index in [9.17, 15) is 32.5 Å². The maximum Gasteiger partial charge on any atom is 0.573 e. The Morgan fingerprint density at radius 1 is 1.50 bits per heavy atom. The average molecular weight is 298 g/mol. The number of carbonyl (C=O) groups is 1. The third-order valence-corrected chi connectivity index (χ3v) is 1.96. The summed E-state index contributed by atoms with van der Waals surface area (Å²) in [5, 5.41) is 10.6. The molecule has 0 aliphatic heterocycles. The van der Waals surface area contributed by atoms with Crippen molar-refractivity contribution in [1.29, 1.82) is 0 Å². The van der Waals surface area contributed by atoms with Crippen molar-refractivity contribution >= 4 is 11.8 Å². The molecular weight excluding hydrogens is 292 g/mol. The first-order valence-electron chi connectivity index (χ1n) is 4.80. The van der Waals surface area contributed by atoms with Crippen LogP contribution < -0.4 is 4.74 Å². The average Bonchev–Trinajstić information content (AvgIpc) is 2.30. The van der Waals surface area contributed by atoms with Crippen molar-refractivity contribution < 1.29 is 36.8 Å². The maximum atomic E-state index is 13.2. The molecule has 0 saturated carbocycles. The highest BCUT2D eigenvalue weighted by molar-refractivity contribution is 5.73. The molecule has 0 atom stereocenters. The number of methoxy groups -OCH3 is 1. The van der Waals surface area contributed by atoms with Crippen molar-refractivity contribution in [3.63, 3.8) is 0 Å². The molecule has 11 heteroatoms. The number of halogens is 4. The van der Waals surface area contributed by atoms with E-state index in [-0.39, 0.29) is 0 Å². The molecule has 1 aromatic rings. The zero-order chi connectivity index (χ0) is 15.5. The number of pyridine rings is 1. The number of aromatic nitrogens is 1. The minimum Gasteiger partial charge on any atom is -0.469 e. The van der Waals surface area contributed by atoms with E-state index in [0.717, 1.165) is 7.11 Å². The van der Waals surface area contributed by atoms with Crippen LogP contribution in [0.4, 0.5) is 23.4 Å². The van der Waals surface area contributed by atoms with Crippen molar-refractivity contribution in [2.24, 2.45) is 0 Å². The Hall–Kier alpha value is -2.46. The maximum absolute atomic E-state index is 13.2. The summed E-state index contributed by atoms with van der Waals surface area (Å²) in [5.41, 5.74) is -0.567. The number of carbonyl (C=O) groups excluding carboxylic acids is 1. The van der Waals surface area contributed by atoms with E-state index >= 15 is 0 Å². The second kappa shape index (κ2) is 5.67. The van der Waals surface area contributed by atoms with Gasteiger partial charge in [-0.1, -0.05) is 0 Å². The van der Waals surface area contributed by atoms with E-state index in [2.05, 4.69) is 14.5 Å². The largest absolute Gasteiger partial charge is 0.573 e. The lowest BCUT2D eigenvalue weighted by atomic mass is 10.2. The number of hydrogen-bond acceptors (Lipinski definition) is 6. The molecule has 0 radical (unpaired) electrons. The Kier molecular flexibility index (Phi) is 4.42. The molecule has 7 nitrogen and oxygen atoms in total. The van der Waals surface area contributed by atoms with E-state index in [0.29, 0.717) is 6.07 Å². The molecule has 20 heavy (non-hydrogen) atoms. The first kappa shape index (κ1) is 15.6. The zero-order valence-corrected chi connectivity index (χ0v) is 9.73. The first-order chi connectivity index (χ1) is 9.14. The van der Waals surface area contributed by atoms with Gasteiger partial charge in [0.2, 0.25) is 5.75 Å². The van der Waals surface area contributed by atoms with Gasteiger partial charge in [0.15, 0.2) is 0 Å². The fraction of sp³-hybridized carbons (Fsp3) is 0.333. The van der Waals surface area contributed by atoms with Crippen LogP contribution in [-0.4, -0.2) is 29.3 Å². The number of esters is 1. The van der Waals surface area contributed by atoms with E-state index in [4.69, 9.17) is 0 Å². The summed E-state index contributed by atoms with van der Waals surface area (Å²) in [6.45, 7) is 0. The molecule has 0 amide bonds. The Morgan fingerprint density at radius 3 is 2.55 bits per heavy atom. The molecule has 0 spiro atoms. The van der Waals surface area contributed by atoms with Crippen LogP contribution in [0.5, 0.6) is 5.75 Å². The van der Waals surface area contributed by atoms with Crippen LogP contribution in [0.3, 0.4) is 0 Å². The number of alkyl halides is 3. The lowest BCUT2D eigenvalue weighted by molar-refractivity contribution is -0.390. The quantitative estimate of drug-likeness (QED) is 0.276. The predicted octanol–water partition coefficient (Wildman–Crippen LogP) is 1.74. The molecular formula is C9H6F4N2O5. The zero-order valence-electron chi connectivity index (χ0n) is 9.73. The van der Waals surface area contributed by atoms with Crippen LogP contribution in [0.25, 0.3) is 0 Å². The van der Waals surface area contributed by atoms with Gasteiger partial charge in [0.05, 0.1) is 19.1 Å². The molecule has 1 heterocycles. The van der Waals surface area contributed by atoms with Crippen molar-refractivity contribution in [2.75, 3.05) is 7.11 Å². The topological polar surface area (TPSA) is 91.6 Å². The van der Waals surface area contributed by atoms with E-state index < -0.39 is 46.8 Å². The van der Waals surface area contributed by atoms with Crippen molar-refractivity contribution in [3.8, 4) is 5.75 Å². The van der Waals surface area contributed by atoms with Gasteiger partial charge in [-0.05, 0) is 9.91 Å². The molecule has 0 aliphatic carbocycles.